The molecule has 2 aromatic rings. The summed E-state index contributed by atoms with van der Waals surface area (Å²) in [6.07, 6.45) is 1.65. The summed E-state index contributed by atoms with van der Waals surface area (Å²) in [5.74, 6) is 2.16. The van der Waals surface area contributed by atoms with E-state index in [9.17, 15) is 0 Å². The van der Waals surface area contributed by atoms with Crippen LogP contribution in [-0.4, -0.2) is 0 Å². The monoisotopic (exact) mass is 245 g/mol. The molecule has 0 aliphatic carbocycles. The fourth-order valence-corrected chi connectivity index (χ4v) is 1.92. The average Bonchev–Trinajstić information content (AvgIpc) is 2.84. The largest absolute Gasteiger partial charge is 0.488 e. The second-order valence-electron chi connectivity index (χ2n) is 4.55. The van der Waals surface area contributed by atoms with Gasteiger partial charge in [-0.3, -0.25) is 0 Å². The summed E-state index contributed by atoms with van der Waals surface area (Å²) in [6, 6.07) is 10.0. The van der Waals surface area contributed by atoms with Crippen LogP contribution in [0.25, 0.3) is 0 Å². The molecule has 0 amide bonds. The zero-order valence-corrected chi connectivity index (χ0v) is 10.8. The molecular weight excluding hydrogens is 226 g/mol. The molecule has 0 saturated carbocycles. The average molecular weight is 245 g/mol. The van der Waals surface area contributed by atoms with E-state index in [-0.39, 0.29) is 0 Å². The molecule has 1 aromatic heterocycles. The highest BCUT2D eigenvalue weighted by Gasteiger charge is 2.09. The van der Waals surface area contributed by atoms with Gasteiger partial charge >= 0.3 is 0 Å². The smallest absolute Gasteiger partial charge is 0.123 e. The van der Waals surface area contributed by atoms with Crippen LogP contribution in [0.1, 0.15) is 36.7 Å². The number of para-hydroxylation sites is 1. The molecule has 0 aliphatic heterocycles. The van der Waals surface area contributed by atoms with E-state index in [1.54, 1.807) is 6.26 Å². The Balaban J connectivity index is 2.11. The molecule has 0 atom stereocenters. The van der Waals surface area contributed by atoms with Gasteiger partial charge in [-0.1, -0.05) is 32.0 Å². The van der Waals surface area contributed by atoms with Crippen molar-refractivity contribution in [1.29, 1.82) is 0 Å². The van der Waals surface area contributed by atoms with Gasteiger partial charge in [-0.2, -0.15) is 0 Å². The van der Waals surface area contributed by atoms with Crippen LogP contribution in [0.3, 0.4) is 0 Å². The van der Waals surface area contributed by atoms with Crippen LogP contribution in [0, 0.1) is 0 Å². The predicted octanol–water partition coefficient (Wildman–Crippen LogP) is 3.44. The van der Waals surface area contributed by atoms with Crippen LogP contribution in [-0.2, 0) is 13.2 Å². The van der Waals surface area contributed by atoms with E-state index in [4.69, 9.17) is 14.9 Å². The number of ether oxygens (including phenoxy) is 1. The van der Waals surface area contributed by atoms with Gasteiger partial charge in [-0.05, 0) is 23.6 Å². The van der Waals surface area contributed by atoms with Crippen molar-refractivity contribution in [2.24, 2.45) is 5.73 Å². The summed E-state index contributed by atoms with van der Waals surface area (Å²) in [5.41, 5.74) is 7.82. The summed E-state index contributed by atoms with van der Waals surface area (Å²) < 4.78 is 11.1. The SMILES string of the molecule is CC(C)c1ccccc1OCc1ccoc1CN. The molecule has 2 N–H and O–H groups in total. The summed E-state index contributed by atoms with van der Waals surface area (Å²) in [6.45, 7) is 5.21. The fourth-order valence-electron chi connectivity index (χ4n) is 1.92. The van der Waals surface area contributed by atoms with Crippen LogP contribution in [0.15, 0.2) is 41.0 Å². The van der Waals surface area contributed by atoms with Crippen molar-refractivity contribution < 1.29 is 9.15 Å². The second kappa shape index (κ2) is 5.74. The van der Waals surface area contributed by atoms with Crippen LogP contribution >= 0.6 is 0 Å². The molecule has 3 heteroatoms. The summed E-state index contributed by atoms with van der Waals surface area (Å²) in [4.78, 5) is 0. The Kier molecular flexibility index (Phi) is 4.05. The molecule has 1 aromatic carbocycles. The standard InChI is InChI=1S/C15H19NO2/c1-11(2)13-5-3-4-6-14(13)18-10-12-7-8-17-15(12)9-16/h3-8,11H,9-10,16H2,1-2H3. The van der Waals surface area contributed by atoms with Gasteiger partial charge in [-0.15, -0.1) is 0 Å². The number of rotatable bonds is 5. The van der Waals surface area contributed by atoms with Gasteiger partial charge in [0.15, 0.2) is 0 Å². The zero-order chi connectivity index (χ0) is 13.0. The number of hydrogen-bond donors (Lipinski definition) is 1. The highest BCUT2D eigenvalue weighted by atomic mass is 16.5. The van der Waals surface area contributed by atoms with Gasteiger partial charge in [0.2, 0.25) is 0 Å². The summed E-state index contributed by atoms with van der Waals surface area (Å²) in [5, 5.41) is 0. The van der Waals surface area contributed by atoms with Gasteiger partial charge in [0.25, 0.3) is 0 Å². The highest BCUT2D eigenvalue weighted by molar-refractivity contribution is 5.35. The van der Waals surface area contributed by atoms with E-state index in [1.165, 1.54) is 5.56 Å². The minimum absolute atomic E-state index is 0.400. The second-order valence-corrected chi connectivity index (χ2v) is 4.55. The minimum atomic E-state index is 0.400. The van der Waals surface area contributed by atoms with Crippen molar-refractivity contribution in [2.45, 2.75) is 32.9 Å². The Morgan fingerprint density at radius 3 is 2.72 bits per heavy atom. The Labute approximate surface area is 108 Å². The van der Waals surface area contributed by atoms with Gasteiger partial charge in [0.05, 0.1) is 12.8 Å². The van der Waals surface area contributed by atoms with Crippen LogP contribution in [0.2, 0.25) is 0 Å². The predicted molar refractivity (Wildman–Crippen MR) is 71.5 cm³/mol. The van der Waals surface area contributed by atoms with Crippen molar-refractivity contribution in [2.75, 3.05) is 0 Å². The first kappa shape index (κ1) is 12.7. The quantitative estimate of drug-likeness (QED) is 0.877. The third-order valence-electron chi connectivity index (χ3n) is 2.95. The van der Waals surface area contributed by atoms with E-state index in [0.717, 1.165) is 17.1 Å². The minimum Gasteiger partial charge on any atom is -0.488 e. The lowest BCUT2D eigenvalue weighted by Crippen LogP contribution is -2.03. The molecule has 0 radical (unpaired) electrons. The molecule has 0 fully saturated rings. The number of furan rings is 1. The topological polar surface area (TPSA) is 48.4 Å². The van der Waals surface area contributed by atoms with Gasteiger partial charge < -0.3 is 14.9 Å². The molecule has 0 saturated heterocycles. The van der Waals surface area contributed by atoms with Crippen LogP contribution in [0.5, 0.6) is 5.75 Å². The van der Waals surface area contributed by atoms with E-state index in [2.05, 4.69) is 19.9 Å². The lowest BCUT2D eigenvalue weighted by Gasteiger charge is -2.13. The fraction of sp³-hybridized carbons (Fsp3) is 0.333. The number of benzene rings is 1. The van der Waals surface area contributed by atoms with Crippen LogP contribution < -0.4 is 10.5 Å². The van der Waals surface area contributed by atoms with Crippen molar-refractivity contribution in [1.82, 2.24) is 0 Å². The molecule has 0 aliphatic rings. The lowest BCUT2D eigenvalue weighted by molar-refractivity contribution is 0.298. The lowest BCUT2D eigenvalue weighted by atomic mass is 10.0. The van der Waals surface area contributed by atoms with E-state index in [0.29, 0.717) is 19.1 Å². The molecular formula is C15H19NO2. The van der Waals surface area contributed by atoms with Crippen molar-refractivity contribution in [3.63, 3.8) is 0 Å². The third kappa shape index (κ3) is 2.74. The van der Waals surface area contributed by atoms with Crippen molar-refractivity contribution >= 4 is 0 Å². The maximum atomic E-state index is 5.87. The number of nitrogens with two attached hydrogens (primary N) is 1. The van der Waals surface area contributed by atoms with Crippen molar-refractivity contribution in [3.05, 3.63) is 53.5 Å². The first-order valence-electron chi connectivity index (χ1n) is 6.19. The third-order valence-corrected chi connectivity index (χ3v) is 2.95. The molecule has 0 unspecified atom stereocenters. The Bertz CT molecular complexity index is 503. The summed E-state index contributed by atoms with van der Waals surface area (Å²) >= 11 is 0. The summed E-state index contributed by atoms with van der Waals surface area (Å²) in [7, 11) is 0. The molecule has 96 valence electrons. The first-order valence-corrected chi connectivity index (χ1v) is 6.19. The Morgan fingerprint density at radius 2 is 2.00 bits per heavy atom. The molecule has 2 rings (SSSR count). The Morgan fingerprint density at radius 1 is 1.22 bits per heavy atom. The number of hydrogen-bond acceptors (Lipinski definition) is 3. The van der Waals surface area contributed by atoms with E-state index >= 15 is 0 Å². The molecule has 1 heterocycles. The van der Waals surface area contributed by atoms with E-state index < -0.39 is 0 Å². The maximum absolute atomic E-state index is 5.87. The molecule has 18 heavy (non-hydrogen) atoms. The molecule has 0 spiro atoms. The molecule has 3 nitrogen and oxygen atoms in total. The first-order chi connectivity index (χ1) is 8.72. The normalized spacial score (nSPS) is 10.9. The Hall–Kier alpha value is -1.74. The van der Waals surface area contributed by atoms with Crippen LogP contribution in [0.4, 0.5) is 0 Å². The highest BCUT2D eigenvalue weighted by Crippen LogP contribution is 2.26. The van der Waals surface area contributed by atoms with Crippen molar-refractivity contribution in [3.8, 4) is 5.75 Å². The van der Waals surface area contributed by atoms with E-state index in [1.807, 2.05) is 24.3 Å². The zero-order valence-electron chi connectivity index (χ0n) is 10.8. The van der Waals surface area contributed by atoms with Gasteiger partial charge in [0, 0.05) is 5.56 Å². The van der Waals surface area contributed by atoms with Gasteiger partial charge in [0.1, 0.15) is 18.1 Å². The molecule has 0 bridgehead atoms. The van der Waals surface area contributed by atoms with Gasteiger partial charge in [-0.25, -0.2) is 0 Å². The maximum Gasteiger partial charge on any atom is 0.123 e.